The Kier molecular flexibility index (Phi) is 4.72. The lowest BCUT2D eigenvalue weighted by atomic mass is 10.0. The van der Waals surface area contributed by atoms with Gasteiger partial charge in [0.2, 0.25) is 0 Å². The Morgan fingerprint density at radius 3 is 2.85 bits per heavy atom. The Bertz CT molecular complexity index is 494. The van der Waals surface area contributed by atoms with E-state index in [2.05, 4.69) is 10.3 Å². The summed E-state index contributed by atoms with van der Waals surface area (Å²) < 4.78 is 5.51. The number of carbonyl (C=O) groups is 2. The number of aromatic nitrogens is 1. The summed E-state index contributed by atoms with van der Waals surface area (Å²) in [6, 6.07) is -0.893. The summed E-state index contributed by atoms with van der Waals surface area (Å²) in [6.07, 6.45) is 3.37. The van der Waals surface area contributed by atoms with Crippen LogP contribution in [0.1, 0.15) is 47.5 Å². The van der Waals surface area contributed by atoms with Crippen LogP contribution in [0.3, 0.4) is 0 Å². The van der Waals surface area contributed by atoms with Gasteiger partial charge in [0.1, 0.15) is 22.0 Å². The molecule has 1 aliphatic rings. The highest BCUT2D eigenvalue weighted by atomic mass is 32.1. The highest BCUT2D eigenvalue weighted by molar-refractivity contribution is 7.13. The molecule has 1 amide bonds. The fraction of sp³-hybridized carbons (Fsp3) is 0.615. The van der Waals surface area contributed by atoms with Crippen molar-refractivity contribution >= 4 is 23.2 Å². The first-order valence-electron chi connectivity index (χ1n) is 6.60. The monoisotopic (exact) mass is 298 g/mol. The molecule has 1 saturated heterocycles. The second-order valence-electron chi connectivity index (χ2n) is 5.10. The molecule has 6 nitrogen and oxygen atoms in total. The summed E-state index contributed by atoms with van der Waals surface area (Å²) in [5.74, 6) is -1.60. The predicted molar refractivity (Wildman–Crippen MR) is 73.8 cm³/mol. The number of aliphatic carboxylic acids is 1. The molecule has 2 rings (SSSR count). The molecule has 2 heterocycles. The lowest BCUT2D eigenvalue weighted by Crippen LogP contribution is -2.44. The number of nitrogens with one attached hydrogen (secondary N) is 1. The molecule has 0 bridgehead atoms. The van der Waals surface area contributed by atoms with Crippen LogP contribution in [0, 0.1) is 5.92 Å². The Morgan fingerprint density at radius 2 is 2.30 bits per heavy atom. The van der Waals surface area contributed by atoms with Crippen LogP contribution < -0.4 is 5.32 Å². The summed E-state index contributed by atoms with van der Waals surface area (Å²) in [4.78, 5) is 27.7. The Labute approximate surface area is 121 Å². The molecule has 1 aromatic rings. The van der Waals surface area contributed by atoms with Crippen LogP contribution in [-0.4, -0.2) is 34.6 Å². The zero-order valence-corrected chi connectivity index (χ0v) is 12.3. The molecule has 7 heteroatoms. The minimum Gasteiger partial charge on any atom is -0.480 e. The highest BCUT2D eigenvalue weighted by Crippen LogP contribution is 2.31. The third-order valence-corrected chi connectivity index (χ3v) is 4.26. The van der Waals surface area contributed by atoms with Crippen molar-refractivity contribution in [3.8, 4) is 0 Å². The number of amides is 1. The number of thiazole rings is 1. The first-order chi connectivity index (χ1) is 9.49. The van der Waals surface area contributed by atoms with Crippen LogP contribution in [-0.2, 0) is 9.53 Å². The Morgan fingerprint density at radius 1 is 1.55 bits per heavy atom. The summed E-state index contributed by atoms with van der Waals surface area (Å²) in [7, 11) is 0. The van der Waals surface area contributed by atoms with Crippen molar-refractivity contribution in [2.45, 2.75) is 38.8 Å². The fourth-order valence-electron chi connectivity index (χ4n) is 2.04. The van der Waals surface area contributed by atoms with Gasteiger partial charge in [-0.3, -0.25) is 4.79 Å². The average Bonchev–Trinajstić information content (AvgIpc) is 3.04. The van der Waals surface area contributed by atoms with Gasteiger partial charge in [-0.25, -0.2) is 9.78 Å². The van der Waals surface area contributed by atoms with Gasteiger partial charge in [-0.1, -0.05) is 13.8 Å². The van der Waals surface area contributed by atoms with Crippen molar-refractivity contribution in [2.75, 3.05) is 6.61 Å². The van der Waals surface area contributed by atoms with Crippen LogP contribution in [0.5, 0.6) is 0 Å². The van der Waals surface area contributed by atoms with Crippen LogP contribution in [0.2, 0.25) is 0 Å². The normalized spacial score (nSPS) is 20.1. The lowest BCUT2D eigenvalue weighted by molar-refractivity contribution is -0.140. The van der Waals surface area contributed by atoms with Crippen molar-refractivity contribution in [1.82, 2.24) is 10.3 Å². The van der Waals surface area contributed by atoms with Crippen molar-refractivity contribution in [3.05, 3.63) is 16.1 Å². The molecule has 20 heavy (non-hydrogen) atoms. The quantitative estimate of drug-likeness (QED) is 0.866. The fourth-order valence-corrected chi connectivity index (χ4v) is 2.94. The standard InChI is InChI=1S/C13H18N2O4S/c1-7(2)10(13(17)18)15-11(16)9-6-14-12(20-9)8-4-3-5-19-8/h6-8,10H,3-5H2,1-2H3,(H,15,16)(H,17,18)/t8?,10-/m0/s1. The SMILES string of the molecule is CC(C)[C@H](NC(=O)c1cnc(C2CCCO2)s1)C(=O)O. The summed E-state index contributed by atoms with van der Waals surface area (Å²) in [5.41, 5.74) is 0. The number of rotatable bonds is 5. The van der Waals surface area contributed by atoms with E-state index in [1.54, 1.807) is 13.8 Å². The van der Waals surface area contributed by atoms with E-state index in [4.69, 9.17) is 9.84 Å². The van der Waals surface area contributed by atoms with Gasteiger partial charge in [-0.05, 0) is 18.8 Å². The number of carbonyl (C=O) groups excluding carboxylic acids is 1. The number of hydrogen-bond donors (Lipinski definition) is 2. The topological polar surface area (TPSA) is 88.5 Å². The van der Waals surface area contributed by atoms with Gasteiger partial charge in [0.25, 0.3) is 5.91 Å². The summed E-state index contributed by atoms with van der Waals surface area (Å²) >= 11 is 1.26. The molecular formula is C13H18N2O4S. The number of ether oxygens (including phenoxy) is 1. The van der Waals surface area contributed by atoms with Gasteiger partial charge >= 0.3 is 5.97 Å². The van der Waals surface area contributed by atoms with Gasteiger partial charge in [0, 0.05) is 6.61 Å². The molecule has 1 unspecified atom stereocenters. The lowest BCUT2D eigenvalue weighted by Gasteiger charge is -2.17. The summed E-state index contributed by atoms with van der Waals surface area (Å²) in [5, 5.41) is 12.4. The van der Waals surface area contributed by atoms with Crippen LogP contribution in [0.25, 0.3) is 0 Å². The third-order valence-electron chi connectivity index (χ3n) is 3.17. The largest absolute Gasteiger partial charge is 0.480 e. The Balaban J connectivity index is 2.03. The molecule has 110 valence electrons. The second kappa shape index (κ2) is 6.32. The smallest absolute Gasteiger partial charge is 0.326 e. The molecule has 0 aliphatic carbocycles. The molecule has 1 fully saturated rings. The summed E-state index contributed by atoms with van der Waals surface area (Å²) in [6.45, 7) is 4.23. The molecule has 0 radical (unpaired) electrons. The predicted octanol–water partition coefficient (Wildman–Crippen LogP) is 1.83. The average molecular weight is 298 g/mol. The van der Waals surface area contributed by atoms with Gasteiger partial charge in [-0.15, -0.1) is 11.3 Å². The molecular weight excluding hydrogens is 280 g/mol. The second-order valence-corrected chi connectivity index (χ2v) is 6.16. The molecule has 2 N–H and O–H groups in total. The van der Waals surface area contributed by atoms with Crippen molar-refractivity contribution in [2.24, 2.45) is 5.92 Å². The van der Waals surface area contributed by atoms with E-state index in [0.29, 0.717) is 4.88 Å². The minimum absolute atomic E-state index is 0.0260. The number of carboxylic acids is 1. The van der Waals surface area contributed by atoms with E-state index in [1.807, 2.05) is 0 Å². The maximum absolute atomic E-state index is 12.0. The molecule has 1 aliphatic heterocycles. The minimum atomic E-state index is -1.03. The first-order valence-corrected chi connectivity index (χ1v) is 7.41. The Hall–Kier alpha value is -1.47. The number of nitrogens with zero attached hydrogens (tertiary/aromatic N) is 1. The maximum atomic E-state index is 12.0. The third kappa shape index (κ3) is 3.34. The molecule has 1 aromatic heterocycles. The van der Waals surface area contributed by atoms with Gasteiger partial charge < -0.3 is 15.2 Å². The van der Waals surface area contributed by atoms with Crippen molar-refractivity contribution in [3.63, 3.8) is 0 Å². The molecule has 0 saturated carbocycles. The van der Waals surface area contributed by atoms with Gasteiger partial charge in [0.05, 0.1) is 6.20 Å². The maximum Gasteiger partial charge on any atom is 0.326 e. The van der Waals surface area contributed by atoms with Gasteiger partial charge in [-0.2, -0.15) is 0 Å². The first kappa shape index (κ1) is 14.9. The molecule has 0 spiro atoms. The van der Waals surface area contributed by atoms with E-state index in [9.17, 15) is 9.59 Å². The van der Waals surface area contributed by atoms with Crippen molar-refractivity contribution < 1.29 is 19.4 Å². The number of hydrogen-bond acceptors (Lipinski definition) is 5. The van der Waals surface area contributed by atoms with E-state index >= 15 is 0 Å². The van der Waals surface area contributed by atoms with Crippen LogP contribution in [0.4, 0.5) is 0 Å². The van der Waals surface area contributed by atoms with E-state index in [-0.39, 0.29) is 12.0 Å². The van der Waals surface area contributed by atoms with E-state index < -0.39 is 17.9 Å². The zero-order chi connectivity index (χ0) is 14.7. The molecule has 0 aromatic carbocycles. The highest BCUT2D eigenvalue weighted by Gasteiger charge is 2.26. The van der Waals surface area contributed by atoms with Crippen LogP contribution >= 0.6 is 11.3 Å². The van der Waals surface area contributed by atoms with Crippen molar-refractivity contribution in [1.29, 1.82) is 0 Å². The zero-order valence-electron chi connectivity index (χ0n) is 11.5. The molecule has 2 atom stereocenters. The number of carboxylic acid groups (broad SMARTS) is 1. The van der Waals surface area contributed by atoms with E-state index in [0.717, 1.165) is 24.5 Å². The van der Waals surface area contributed by atoms with Gasteiger partial charge in [0.15, 0.2) is 0 Å². The van der Waals surface area contributed by atoms with E-state index in [1.165, 1.54) is 17.5 Å². The van der Waals surface area contributed by atoms with Crippen LogP contribution in [0.15, 0.2) is 6.20 Å².